The summed E-state index contributed by atoms with van der Waals surface area (Å²) in [6, 6.07) is 3.63. The molecule has 1 N–H and O–H groups in total. The Bertz CT molecular complexity index is 442. The smallest absolute Gasteiger partial charge is 0.323 e. The van der Waals surface area contributed by atoms with Gasteiger partial charge in [-0.25, -0.2) is 0 Å². The zero-order valence-electron chi connectivity index (χ0n) is 10.7. The number of carbonyl (C=O) groups excluding carboxylic acids is 1. The van der Waals surface area contributed by atoms with Crippen LogP contribution in [0.15, 0.2) is 22.8 Å². The summed E-state index contributed by atoms with van der Waals surface area (Å²) in [7, 11) is 1.52. The van der Waals surface area contributed by atoms with Crippen molar-refractivity contribution in [3.63, 3.8) is 0 Å². The molecule has 1 fully saturated rings. The van der Waals surface area contributed by atoms with Crippen LogP contribution in [-0.4, -0.2) is 48.7 Å². The van der Waals surface area contributed by atoms with Gasteiger partial charge in [0.15, 0.2) is 0 Å². The van der Waals surface area contributed by atoms with Gasteiger partial charge in [-0.15, -0.1) is 0 Å². The zero-order chi connectivity index (χ0) is 13.8. The fourth-order valence-electron chi connectivity index (χ4n) is 2.15. The molecule has 1 saturated carbocycles. The third-order valence-electron chi connectivity index (χ3n) is 3.22. The lowest BCUT2D eigenvalue weighted by atomic mass is 10.2. The molecule has 1 heterocycles. The molecule has 104 valence electrons. The maximum Gasteiger partial charge on any atom is 0.323 e. The number of rotatable bonds is 7. The first-order valence-corrected chi connectivity index (χ1v) is 6.16. The Morgan fingerprint density at radius 3 is 2.95 bits per heavy atom. The van der Waals surface area contributed by atoms with Crippen molar-refractivity contribution in [3.05, 3.63) is 24.2 Å². The van der Waals surface area contributed by atoms with E-state index in [-0.39, 0.29) is 24.3 Å². The highest BCUT2D eigenvalue weighted by Gasteiger charge is 2.47. The Balaban J connectivity index is 1.94. The molecule has 1 aliphatic rings. The van der Waals surface area contributed by atoms with Crippen LogP contribution in [0.1, 0.15) is 18.1 Å². The van der Waals surface area contributed by atoms with Crippen LogP contribution in [0.3, 0.4) is 0 Å². The number of hydrogen-bond donors (Lipinski definition) is 1. The third kappa shape index (κ3) is 3.35. The van der Waals surface area contributed by atoms with Crippen LogP contribution in [-0.2, 0) is 14.3 Å². The molecule has 0 unspecified atom stereocenters. The summed E-state index contributed by atoms with van der Waals surface area (Å²) >= 11 is 0. The van der Waals surface area contributed by atoms with Crippen molar-refractivity contribution in [2.45, 2.75) is 12.3 Å². The van der Waals surface area contributed by atoms with Gasteiger partial charge in [-0.05, 0) is 18.6 Å². The number of nitrogens with zero attached hydrogens (tertiary/aromatic N) is 1. The summed E-state index contributed by atoms with van der Waals surface area (Å²) in [5.41, 5.74) is 0. The normalized spacial score (nSPS) is 21.1. The van der Waals surface area contributed by atoms with E-state index < -0.39 is 5.97 Å². The van der Waals surface area contributed by atoms with Crippen molar-refractivity contribution in [1.29, 1.82) is 0 Å². The van der Waals surface area contributed by atoms with Gasteiger partial charge in [0.2, 0.25) is 5.91 Å². The molecule has 1 aromatic heterocycles. The van der Waals surface area contributed by atoms with Crippen LogP contribution in [0.2, 0.25) is 0 Å². The van der Waals surface area contributed by atoms with E-state index in [9.17, 15) is 9.59 Å². The fourth-order valence-corrected chi connectivity index (χ4v) is 2.15. The molecule has 2 atom stereocenters. The maximum absolute atomic E-state index is 12.2. The number of carboxylic acid groups (broad SMARTS) is 1. The van der Waals surface area contributed by atoms with E-state index in [0.29, 0.717) is 13.2 Å². The molecule has 1 aliphatic carbocycles. The average Bonchev–Trinajstić information content (AvgIpc) is 2.99. The summed E-state index contributed by atoms with van der Waals surface area (Å²) in [6.45, 7) is 0.337. The lowest BCUT2D eigenvalue weighted by Gasteiger charge is -2.20. The van der Waals surface area contributed by atoms with Gasteiger partial charge in [0.1, 0.15) is 12.3 Å². The molecule has 0 bridgehead atoms. The largest absolute Gasteiger partial charge is 0.480 e. The van der Waals surface area contributed by atoms with Crippen molar-refractivity contribution in [2.75, 3.05) is 26.8 Å². The number of carbonyl (C=O) groups is 2. The molecule has 0 aromatic carbocycles. The van der Waals surface area contributed by atoms with Gasteiger partial charge in [-0.3, -0.25) is 9.59 Å². The van der Waals surface area contributed by atoms with Crippen LogP contribution in [0.25, 0.3) is 0 Å². The number of furan rings is 1. The van der Waals surface area contributed by atoms with Crippen molar-refractivity contribution < 1.29 is 23.8 Å². The topological polar surface area (TPSA) is 80.0 Å². The number of hydrogen-bond acceptors (Lipinski definition) is 4. The van der Waals surface area contributed by atoms with E-state index in [4.69, 9.17) is 14.3 Å². The van der Waals surface area contributed by atoms with Gasteiger partial charge >= 0.3 is 5.97 Å². The molecule has 6 nitrogen and oxygen atoms in total. The monoisotopic (exact) mass is 267 g/mol. The Morgan fingerprint density at radius 2 is 2.37 bits per heavy atom. The second kappa shape index (κ2) is 5.88. The minimum absolute atomic E-state index is 0.0846. The summed E-state index contributed by atoms with van der Waals surface area (Å²) in [6.07, 6.45) is 2.30. The molecule has 0 saturated heterocycles. The van der Waals surface area contributed by atoms with Crippen LogP contribution < -0.4 is 0 Å². The number of amides is 1. The predicted octanol–water partition coefficient (Wildman–Crippen LogP) is 0.943. The maximum atomic E-state index is 12.2. The number of aliphatic carboxylic acids is 1. The van der Waals surface area contributed by atoms with Crippen molar-refractivity contribution in [2.24, 2.45) is 5.92 Å². The molecule has 0 aliphatic heterocycles. The van der Waals surface area contributed by atoms with Gasteiger partial charge in [-0.1, -0.05) is 0 Å². The van der Waals surface area contributed by atoms with E-state index in [0.717, 1.165) is 12.2 Å². The first-order valence-electron chi connectivity index (χ1n) is 6.16. The molecule has 0 radical (unpaired) electrons. The zero-order valence-corrected chi connectivity index (χ0v) is 10.7. The van der Waals surface area contributed by atoms with E-state index >= 15 is 0 Å². The second-order valence-corrected chi connectivity index (χ2v) is 4.61. The molecule has 6 heteroatoms. The number of carboxylic acids is 1. The van der Waals surface area contributed by atoms with E-state index in [1.165, 1.54) is 12.0 Å². The third-order valence-corrected chi connectivity index (χ3v) is 3.22. The standard InChI is InChI=1S/C13H17NO5/c1-18-6-4-14(8-12(15)16)13(17)10-7-9(10)11-3-2-5-19-11/h2-3,5,9-10H,4,6-8H2,1H3,(H,15,16)/t9-,10-/m0/s1. The Kier molecular flexibility index (Phi) is 4.21. The Morgan fingerprint density at radius 1 is 1.58 bits per heavy atom. The SMILES string of the molecule is COCCN(CC(=O)O)C(=O)[C@H]1C[C@@H]1c1ccco1. The van der Waals surface area contributed by atoms with Crippen LogP contribution in [0.5, 0.6) is 0 Å². The van der Waals surface area contributed by atoms with Gasteiger partial charge in [0.25, 0.3) is 0 Å². The Labute approximate surface area is 110 Å². The van der Waals surface area contributed by atoms with Crippen LogP contribution in [0, 0.1) is 5.92 Å². The fraction of sp³-hybridized carbons (Fsp3) is 0.538. The average molecular weight is 267 g/mol. The van der Waals surface area contributed by atoms with Crippen molar-refractivity contribution in [1.82, 2.24) is 4.90 Å². The summed E-state index contributed by atoms with van der Waals surface area (Å²) in [5, 5.41) is 8.83. The van der Waals surface area contributed by atoms with E-state index in [1.54, 1.807) is 12.3 Å². The van der Waals surface area contributed by atoms with Crippen LogP contribution in [0.4, 0.5) is 0 Å². The molecule has 0 spiro atoms. The molecule has 2 rings (SSSR count). The van der Waals surface area contributed by atoms with E-state index in [1.807, 2.05) is 6.07 Å². The first-order chi connectivity index (χ1) is 9.13. The summed E-state index contributed by atoms with van der Waals surface area (Å²) in [5.74, 6) is -0.440. The van der Waals surface area contributed by atoms with Gasteiger partial charge in [-0.2, -0.15) is 0 Å². The first kappa shape index (κ1) is 13.6. The molecule has 19 heavy (non-hydrogen) atoms. The summed E-state index contributed by atoms with van der Waals surface area (Å²) < 4.78 is 10.2. The number of methoxy groups -OCH3 is 1. The highest BCUT2D eigenvalue weighted by molar-refractivity contribution is 5.86. The quantitative estimate of drug-likeness (QED) is 0.795. The predicted molar refractivity (Wildman–Crippen MR) is 65.6 cm³/mol. The lowest BCUT2D eigenvalue weighted by Crippen LogP contribution is -2.39. The van der Waals surface area contributed by atoms with Gasteiger partial charge in [0, 0.05) is 25.5 Å². The summed E-state index contributed by atoms with van der Waals surface area (Å²) in [4.78, 5) is 24.3. The highest BCUT2D eigenvalue weighted by atomic mass is 16.5. The minimum Gasteiger partial charge on any atom is -0.480 e. The molecule has 1 aromatic rings. The van der Waals surface area contributed by atoms with Crippen LogP contribution >= 0.6 is 0 Å². The van der Waals surface area contributed by atoms with E-state index in [2.05, 4.69) is 0 Å². The van der Waals surface area contributed by atoms with Crippen molar-refractivity contribution >= 4 is 11.9 Å². The highest BCUT2D eigenvalue weighted by Crippen LogP contribution is 2.48. The molecular weight excluding hydrogens is 250 g/mol. The Hall–Kier alpha value is -1.82. The lowest BCUT2D eigenvalue weighted by molar-refractivity contribution is -0.145. The number of ether oxygens (including phenoxy) is 1. The van der Waals surface area contributed by atoms with Gasteiger partial charge < -0.3 is 19.2 Å². The molecular formula is C13H17NO5. The molecule has 1 amide bonds. The van der Waals surface area contributed by atoms with Gasteiger partial charge in [0.05, 0.1) is 12.9 Å². The second-order valence-electron chi connectivity index (χ2n) is 4.61. The minimum atomic E-state index is -1.01. The van der Waals surface area contributed by atoms with Crippen molar-refractivity contribution in [3.8, 4) is 0 Å².